The molecule has 0 aliphatic heterocycles. The van der Waals surface area contributed by atoms with Crippen molar-refractivity contribution in [3.8, 4) is 28.7 Å². The zero-order valence-corrected chi connectivity index (χ0v) is 30.0. The van der Waals surface area contributed by atoms with E-state index in [-0.39, 0.29) is 23.1 Å². The summed E-state index contributed by atoms with van der Waals surface area (Å²) >= 11 is 0. The van der Waals surface area contributed by atoms with E-state index >= 15 is 0 Å². The second kappa shape index (κ2) is 16.1. The summed E-state index contributed by atoms with van der Waals surface area (Å²) in [5.41, 5.74) is 5.23. The topological polar surface area (TPSA) is 96.0 Å². The fourth-order valence-corrected chi connectivity index (χ4v) is 5.86. The second-order valence-corrected chi connectivity index (χ2v) is 12.8. The van der Waals surface area contributed by atoms with Crippen molar-refractivity contribution < 1.29 is 33.4 Å². The molecule has 0 saturated heterocycles. The molecule has 55 heavy (non-hydrogen) atoms. The zero-order chi connectivity index (χ0) is 38.3. The van der Waals surface area contributed by atoms with Gasteiger partial charge in [-0.3, -0.25) is 19.2 Å². The van der Waals surface area contributed by atoms with Crippen molar-refractivity contribution in [1.29, 1.82) is 0 Å². The Kier molecular flexibility index (Phi) is 10.5. The van der Waals surface area contributed by atoms with E-state index in [1.165, 1.54) is 0 Å². The van der Waals surface area contributed by atoms with E-state index in [1.54, 1.807) is 165 Å². The van der Waals surface area contributed by atoms with Crippen molar-refractivity contribution >= 4 is 23.1 Å². The SMILES string of the molecule is COc1ccc(C(=O)c2ccc(Oc3ccc(C(=O)c4ccc(Oc5ccc(C(=O)c6ccc(C(=O)c7ccc(C)cc7)cc6)cc5)cc4)cc3)cc2)cc1. The summed E-state index contributed by atoms with van der Waals surface area (Å²) in [6, 6.07) is 48.3. The molecule has 0 unspecified atom stereocenters. The van der Waals surface area contributed by atoms with Gasteiger partial charge < -0.3 is 14.2 Å². The third-order valence-corrected chi connectivity index (χ3v) is 9.01. The van der Waals surface area contributed by atoms with E-state index in [4.69, 9.17) is 14.2 Å². The Hall–Kier alpha value is -7.38. The molecule has 0 N–H and O–H groups in total. The van der Waals surface area contributed by atoms with Gasteiger partial charge in [-0.1, -0.05) is 54.1 Å². The number of aryl methyl sites for hydroxylation is 1. The maximum absolute atomic E-state index is 13.2. The Morgan fingerprint density at radius 2 is 0.473 bits per heavy atom. The minimum atomic E-state index is -0.170. The Morgan fingerprint density at radius 1 is 0.291 bits per heavy atom. The second-order valence-electron chi connectivity index (χ2n) is 12.8. The van der Waals surface area contributed by atoms with Crippen LogP contribution in [-0.4, -0.2) is 30.2 Å². The lowest BCUT2D eigenvalue weighted by molar-refractivity contribution is 0.102. The van der Waals surface area contributed by atoms with Crippen LogP contribution in [0.4, 0.5) is 0 Å². The molecule has 0 radical (unpaired) electrons. The number of benzene rings is 7. The van der Waals surface area contributed by atoms with Crippen molar-refractivity contribution in [3.05, 3.63) is 220 Å². The quantitative estimate of drug-likeness (QED) is 0.109. The Labute approximate surface area is 318 Å². The number of hydrogen-bond acceptors (Lipinski definition) is 7. The van der Waals surface area contributed by atoms with Gasteiger partial charge in [-0.15, -0.1) is 0 Å². The summed E-state index contributed by atoms with van der Waals surface area (Å²) in [5, 5.41) is 0. The van der Waals surface area contributed by atoms with Gasteiger partial charge >= 0.3 is 0 Å². The van der Waals surface area contributed by atoms with Crippen LogP contribution in [0.25, 0.3) is 0 Å². The van der Waals surface area contributed by atoms with Crippen LogP contribution in [0.2, 0.25) is 0 Å². The minimum Gasteiger partial charge on any atom is -0.497 e. The number of hydrogen-bond donors (Lipinski definition) is 0. The fourth-order valence-electron chi connectivity index (χ4n) is 5.86. The lowest BCUT2D eigenvalue weighted by Gasteiger charge is -2.09. The van der Waals surface area contributed by atoms with Crippen molar-refractivity contribution in [1.82, 2.24) is 0 Å². The molecular formula is C48H34O7. The molecule has 0 aromatic heterocycles. The summed E-state index contributed by atoms with van der Waals surface area (Å²) in [7, 11) is 1.58. The van der Waals surface area contributed by atoms with E-state index in [0.29, 0.717) is 73.3 Å². The first-order valence-corrected chi connectivity index (χ1v) is 17.5. The van der Waals surface area contributed by atoms with E-state index in [1.807, 2.05) is 19.1 Å². The highest BCUT2D eigenvalue weighted by atomic mass is 16.5. The predicted molar refractivity (Wildman–Crippen MR) is 210 cm³/mol. The Morgan fingerprint density at radius 3 is 0.691 bits per heavy atom. The van der Waals surface area contributed by atoms with Crippen LogP contribution < -0.4 is 14.2 Å². The fraction of sp³-hybridized carbons (Fsp3) is 0.0417. The molecule has 0 aliphatic rings. The molecular weight excluding hydrogens is 689 g/mol. The van der Waals surface area contributed by atoms with Crippen LogP contribution in [0.15, 0.2) is 170 Å². The van der Waals surface area contributed by atoms with E-state index in [9.17, 15) is 19.2 Å². The maximum Gasteiger partial charge on any atom is 0.193 e. The number of ketones is 4. The first-order chi connectivity index (χ1) is 26.7. The third-order valence-electron chi connectivity index (χ3n) is 9.01. The van der Waals surface area contributed by atoms with Crippen molar-refractivity contribution in [2.24, 2.45) is 0 Å². The average molecular weight is 723 g/mol. The van der Waals surface area contributed by atoms with E-state index in [2.05, 4.69) is 0 Å². The van der Waals surface area contributed by atoms with Gasteiger partial charge in [0.05, 0.1) is 7.11 Å². The molecule has 7 aromatic rings. The molecule has 0 spiro atoms. The largest absolute Gasteiger partial charge is 0.497 e. The predicted octanol–water partition coefficient (Wildman–Crippen LogP) is 10.5. The summed E-state index contributed by atoms with van der Waals surface area (Å²) in [6.07, 6.45) is 0. The molecule has 7 aromatic carbocycles. The average Bonchev–Trinajstić information content (AvgIpc) is 3.24. The molecule has 268 valence electrons. The lowest BCUT2D eigenvalue weighted by atomic mass is 9.98. The smallest absolute Gasteiger partial charge is 0.193 e. The van der Waals surface area contributed by atoms with Crippen LogP contribution >= 0.6 is 0 Å². The molecule has 0 heterocycles. The van der Waals surface area contributed by atoms with Crippen LogP contribution in [-0.2, 0) is 0 Å². The maximum atomic E-state index is 13.2. The number of ether oxygens (including phenoxy) is 3. The van der Waals surface area contributed by atoms with Crippen LogP contribution in [0.1, 0.15) is 69.2 Å². The molecule has 0 aliphatic carbocycles. The molecule has 0 saturated carbocycles. The van der Waals surface area contributed by atoms with Gasteiger partial charge in [-0.25, -0.2) is 0 Å². The summed E-state index contributed by atoms with van der Waals surface area (Å²) in [6.45, 7) is 1.97. The van der Waals surface area contributed by atoms with Gasteiger partial charge in [0.25, 0.3) is 0 Å². The first-order valence-electron chi connectivity index (χ1n) is 17.5. The van der Waals surface area contributed by atoms with Gasteiger partial charge in [0.1, 0.15) is 28.7 Å². The molecule has 7 heteroatoms. The van der Waals surface area contributed by atoms with Gasteiger partial charge in [0.15, 0.2) is 23.1 Å². The summed E-state index contributed by atoms with van der Waals surface area (Å²) in [4.78, 5) is 52.0. The Bertz CT molecular complexity index is 2460. The van der Waals surface area contributed by atoms with Gasteiger partial charge in [-0.05, 0) is 128 Å². The van der Waals surface area contributed by atoms with Crippen LogP contribution in [0.3, 0.4) is 0 Å². The van der Waals surface area contributed by atoms with Crippen molar-refractivity contribution in [2.45, 2.75) is 6.92 Å². The standard InChI is InChI=1S/C48H34O7/c1-31-3-5-32(6-4-31)45(49)33-7-9-34(10-8-33)46(50)36-13-23-41(24-14-36)54-43-27-17-38(18-28-43)48(52)39-19-29-44(30-20-39)55-42-25-15-37(16-26-42)47(51)35-11-21-40(53-2)22-12-35/h3-30H,1-2H3. The molecule has 0 amide bonds. The lowest BCUT2D eigenvalue weighted by Crippen LogP contribution is -2.04. The monoisotopic (exact) mass is 722 g/mol. The molecule has 0 atom stereocenters. The summed E-state index contributed by atoms with van der Waals surface area (Å²) in [5.74, 6) is 2.32. The van der Waals surface area contributed by atoms with E-state index < -0.39 is 0 Å². The van der Waals surface area contributed by atoms with Gasteiger partial charge in [0, 0.05) is 44.5 Å². The Balaban J connectivity index is 0.916. The van der Waals surface area contributed by atoms with E-state index in [0.717, 1.165) is 5.56 Å². The number of rotatable bonds is 13. The molecule has 0 fully saturated rings. The molecule has 0 bridgehead atoms. The van der Waals surface area contributed by atoms with Gasteiger partial charge in [-0.2, -0.15) is 0 Å². The number of methoxy groups -OCH3 is 1. The minimum absolute atomic E-state index is 0.0975. The molecule has 7 rings (SSSR count). The van der Waals surface area contributed by atoms with Crippen LogP contribution in [0.5, 0.6) is 28.7 Å². The first kappa shape index (κ1) is 36.0. The summed E-state index contributed by atoms with van der Waals surface area (Å²) < 4.78 is 17.1. The number of carbonyl (C=O) groups excluding carboxylic acids is 4. The molecule has 7 nitrogen and oxygen atoms in total. The van der Waals surface area contributed by atoms with Crippen LogP contribution in [0, 0.1) is 6.92 Å². The highest BCUT2D eigenvalue weighted by Crippen LogP contribution is 2.27. The van der Waals surface area contributed by atoms with Gasteiger partial charge in [0.2, 0.25) is 0 Å². The highest BCUT2D eigenvalue weighted by Gasteiger charge is 2.15. The highest BCUT2D eigenvalue weighted by molar-refractivity contribution is 6.12. The number of carbonyl (C=O) groups is 4. The normalized spacial score (nSPS) is 10.7. The van der Waals surface area contributed by atoms with Crippen molar-refractivity contribution in [2.75, 3.05) is 7.11 Å². The zero-order valence-electron chi connectivity index (χ0n) is 30.0. The third kappa shape index (κ3) is 8.48. The van der Waals surface area contributed by atoms with Crippen molar-refractivity contribution in [3.63, 3.8) is 0 Å².